The van der Waals surface area contributed by atoms with E-state index < -0.39 is 13.7 Å². The standard InChI is InChI=1S/C72H53N5O/c1-45-19-16-20-46(2)69(45)47-39-61-55-26-9-7-24-53(55)52-23-6-8-25-54(52)60-30-18-34-65(76-62-31-13-10-27-56(62)57-28-11-14-32-63(57)76)70(60)75-44-74(67(40-47)71(61)75)49-21-17-22-50(42-49)78-51-35-36-59-58-29-12-15-33-64(58)77(66(59)43-51)68-41-48(37-38-73-68)72(3,4)5/h6-43H,1-5H3/i1D3,2D3. The highest BCUT2D eigenvalue weighted by Crippen LogP contribution is 2.47. The number of pyridine rings is 1. The number of ether oxygens (including phenoxy) is 1. The van der Waals surface area contributed by atoms with Gasteiger partial charge in [-0.1, -0.05) is 166 Å². The van der Waals surface area contributed by atoms with Gasteiger partial charge in [-0.15, -0.1) is 0 Å². The average Bonchev–Trinajstić information content (AvgIpc) is 2.01. The predicted molar refractivity (Wildman–Crippen MR) is 320 cm³/mol. The van der Waals surface area contributed by atoms with Crippen LogP contribution < -0.4 is 9.30 Å². The first kappa shape index (κ1) is 39.6. The van der Waals surface area contributed by atoms with Crippen LogP contribution in [0, 0.1) is 20.0 Å². The van der Waals surface area contributed by atoms with E-state index in [1.807, 2.05) is 65.4 Å². The molecule has 372 valence electrons. The predicted octanol–water partition coefficient (Wildman–Crippen LogP) is 18.0. The average molecular weight is 1010 g/mol. The summed E-state index contributed by atoms with van der Waals surface area (Å²) in [5, 5.41) is 4.40. The minimum Gasteiger partial charge on any atom is -0.458 e. The number of para-hydroxylation sites is 4. The van der Waals surface area contributed by atoms with Gasteiger partial charge >= 0.3 is 0 Å². The molecule has 0 bridgehead atoms. The maximum atomic E-state index is 8.89. The minimum absolute atomic E-state index is 0.0533. The van der Waals surface area contributed by atoms with Gasteiger partial charge in [-0.2, -0.15) is 0 Å². The van der Waals surface area contributed by atoms with Gasteiger partial charge in [-0.3, -0.25) is 13.7 Å². The van der Waals surface area contributed by atoms with Crippen LogP contribution in [0.1, 0.15) is 45.7 Å². The van der Waals surface area contributed by atoms with Crippen LogP contribution in [0.25, 0.3) is 122 Å². The van der Waals surface area contributed by atoms with Crippen molar-refractivity contribution < 1.29 is 17.5 Å². The van der Waals surface area contributed by atoms with Crippen molar-refractivity contribution in [3.63, 3.8) is 0 Å². The normalized spacial score (nSPS) is 13.6. The number of aryl methyl sites for hydroxylation is 2. The summed E-state index contributed by atoms with van der Waals surface area (Å²) in [6.07, 6.45) is 5.81. The number of nitrogens with zero attached hydrogens (tertiary/aromatic N) is 5. The Bertz CT molecular complexity index is 4950. The number of fused-ring (bicyclic) bond motifs is 13. The van der Waals surface area contributed by atoms with Crippen LogP contribution in [0.4, 0.5) is 0 Å². The van der Waals surface area contributed by atoms with E-state index in [9.17, 15) is 0 Å². The summed E-state index contributed by atoms with van der Waals surface area (Å²) >= 11 is 0. The summed E-state index contributed by atoms with van der Waals surface area (Å²) < 4.78 is 69.0. The third kappa shape index (κ3) is 7.03. The second kappa shape index (κ2) is 17.4. The van der Waals surface area contributed by atoms with Gasteiger partial charge in [0, 0.05) is 42.0 Å². The summed E-state index contributed by atoms with van der Waals surface area (Å²) in [4.78, 5) is 4.92. The van der Waals surface area contributed by atoms with Gasteiger partial charge in [0.05, 0.1) is 50.2 Å². The Kier molecular flexibility index (Phi) is 8.83. The van der Waals surface area contributed by atoms with Crippen LogP contribution in [0.3, 0.4) is 0 Å². The molecule has 78 heavy (non-hydrogen) atoms. The van der Waals surface area contributed by atoms with Crippen molar-refractivity contribution in [2.45, 2.75) is 39.9 Å². The van der Waals surface area contributed by atoms with Crippen molar-refractivity contribution in [2.24, 2.45) is 0 Å². The number of imidazole rings is 1. The second-order valence-corrected chi connectivity index (χ2v) is 21.3. The van der Waals surface area contributed by atoms with Crippen molar-refractivity contribution >= 4 is 54.6 Å². The molecule has 6 heteroatoms. The van der Waals surface area contributed by atoms with Crippen LogP contribution in [-0.2, 0) is 5.41 Å². The zero-order valence-electron chi connectivity index (χ0n) is 49.1. The Morgan fingerprint density at radius 1 is 0.474 bits per heavy atom. The van der Waals surface area contributed by atoms with Crippen LogP contribution in [0.15, 0.2) is 231 Å². The van der Waals surface area contributed by atoms with E-state index in [0.717, 1.165) is 99.7 Å². The van der Waals surface area contributed by atoms with Crippen LogP contribution in [0.5, 0.6) is 11.5 Å². The minimum atomic E-state index is -2.66. The van der Waals surface area contributed by atoms with Crippen molar-refractivity contribution in [1.82, 2.24) is 18.7 Å². The molecular formula is C72H53N5O. The Labute approximate surface area is 461 Å². The lowest BCUT2D eigenvalue weighted by Gasteiger charge is -2.20. The lowest BCUT2D eigenvalue weighted by molar-refractivity contribution is -0.571. The van der Waals surface area contributed by atoms with Gasteiger partial charge in [-0.05, 0) is 153 Å². The lowest BCUT2D eigenvalue weighted by Crippen LogP contribution is -2.32. The Morgan fingerprint density at radius 3 is 1.71 bits per heavy atom. The molecule has 1 aliphatic heterocycles. The molecule has 0 N–H and O–H groups in total. The fraction of sp³-hybridized carbons (Fsp3) is 0.0833. The number of hydrogen-bond donors (Lipinski definition) is 0. The zero-order chi connectivity index (χ0) is 57.4. The molecule has 15 rings (SSSR count). The van der Waals surface area contributed by atoms with E-state index in [1.54, 1.807) is 0 Å². The molecule has 0 spiro atoms. The lowest BCUT2D eigenvalue weighted by atomic mass is 9.87. The molecule has 0 unspecified atom stereocenters. The highest BCUT2D eigenvalue weighted by molar-refractivity contribution is 6.11. The van der Waals surface area contributed by atoms with Gasteiger partial charge < -0.3 is 9.30 Å². The quantitative estimate of drug-likeness (QED) is 0.123. The highest BCUT2D eigenvalue weighted by atomic mass is 16.5. The summed E-state index contributed by atoms with van der Waals surface area (Å²) in [5.41, 5.74) is 15.0. The third-order valence-corrected chi connectivity index (χ3v) is 15.7. The molecule has 0 fully saturated rings. The van der Waals surface area contributed by atoms with E-state index in [1.165, 1.54) is 23.8 Å². The Hall–Kier alpha value is -9.78. The number of aromatic nitrogens is 5. The maximum Gasteiger partial charge on any atom is 0.269 e. The van der Waals surface area contributed by atoms with Crippen molar-refractivity contribution in [2.75, 3.05) is 0 Å². The van der Waals surface area contributed by atoms with Gasteiger partial charge in [-0.25, -0.2) is 4.98 Å². The van der Waals surface area contributed by atoms with Crippen molar-refractivity contribution in [3.8, 4) is 78.9 Å². The van der Waals surface area contributed by atoms with Gasteiger partial charge in [0.25, 0.3) is 6.33 Å². The van der Waals surface area contributed by atoms with E-state index in [-0.39, 0.29) is 22.1 Å². The molecule has 0 aliphatic carbocycles. The van der Waals surface area contributed by atoms with Crippen LogP contribution >= 0.6 is 0 Å². The zero-order valence-corrected chi connectivity index (χ0v) is 43.1. The monoisotopic (exact) mass is 1010 g/mol. The molecular weight excluding hydrogens is 951 g/mol. The first-order valence-corrected chi connectivity index (χ1v) is 26.4. The van der Waals surface area contributed by atoms with Crippen LogP contribution in [0.2, 0.25) is 0 Å². The number of hydrogen-bond acceptors (Lipinski definition) is 2. The first-order chi connectivity index (χ1) is 40.6. The summed E-state index contributed by atoms with van der Waals surface area (Å²) in [5.74, 6) is 2.00. The molecule has 0 radical (unpaired) electrons. The molecule has 0 amide bonds. The van der Waals surface area contributed by atoms with Gasteiger partial charge in [0.15, 0.2) is 0 Å². The fourth-order valence-corrected chi connectivity index (χ4v) is 12.1. The van der Waals surface area contributed by atoms with E-state index in [0.29, 0.717) is 28.3 Å². The molecule has 14 aromatic rings. The van der Waals surface area contributed by atoms with E-state index in [2.05, 4.69) is 192 Å². The van der Waals surface area contributed by atoms with E-state index >= 15 is 0 Å². The summed E-state index contributed by atoms with van der Waals surface area (Å²) in [7, 11) is 0. The van der Waals surface area contributed by atoms with Gasteiger partial charge in [0.2, 0.25) is 0 Å². The highest BCUT2D eigenvalue weighted by Gasteiger charge is 2.29. The first-order valence-electron chi connectivity index (χ1n) is 29.4. The van der Waals surface area contributed by atoms with Gasteiger partial charge in [0.1, 0.15) is 17.3 Å². The molecule has 1 aliphatic rings. The molecule has 0 atom stereocenters. The third-order valence-electron chi connectivity index (χ3n) is 15.7. The smallest absolute Gasteiger partial charge is 0.269 e. The fourth-order valence-electron chi connectivity index (χ4n) is 12.1. The molecule has 6 nitrogen and oxygen atoms in total. The maximum absolute atomic E-state index is 8.89. The Morgan fingerprint density at radius 2 is 1.04 bits per heavy atom. The SMILES string of the molecule is [2H]C([2H])([2H])c1cccc(C([2H])([2H])[2H])c1-c1cc2c3c(c1)n(-c1cccc(Oc4ccc5c6ccccc6n(-c6cc(C(C)(C)C)ccn6)c5c4)c1)[c-][n+]3-c1c(cccc1-n1c3ccccc3c3ccccc31)-c1ccccc1-c1ccccc1-2. The molecule has 0 saturated heterocycles. The summed E-state index contributed by atoms with van der Waals surface area (Å²) in [6.45, 7) is 1.30. The summed E-state index contributed by atoms with van der Waals surface area (Å²) in [6, 6.07) is 75.4. The molecule has 4 aromatic heterocycles. The largest absolute Gasteiger partial charge is 0.458 e. The van der Waals surface area contributed by atoms with Crippen LogP contribution in [-0.4, -0.2) is 18.7 Å². The second-order valence-electron chi connectivity index (χ2n) is 21.3. The number of rotatable bonds is 6. The van der Waals surface area contributed by atoms with Crippen molar-refractivity contribution in [1.29, 1.82) is 0 Å². The molecule has 5 heterocycles. The topological polar surface area (TPSA) is 40.8 Å². The van der Waals surface area contributed by atoms with E-state index in [4.69, 9.17) is 17.9 Å². The van der Waals surface area contributed by atoms with Crippen molar-refractivity contribution in [3.05, 3.63) is 254 Å². The Balaban J connectivity index is 1.02. The molecule has 10 aromatic carbocycles. The molecule has 0 saturated carbocycles. The number of benzene rings is 10.